The van der Waals surface area contributed by atoms with Gasteiger partial charge in [-0.25, -0.2) is 0 Å². The minimum atomic E-state index is -1.96. The molecule has 0 radical (unpaired) electrons. The fourth-order valence-corrected chi connectivity index (χ4v) is 3.18. The van der Waals surface area contributed by atoms with Crippen molar-refractivity contribution in [2.45, 2.75) is 73.0 Å². The third kappa shape index (κ3) is 6.10. The van der Waals surface area contributed by atoms with Crippen LogP contribution in [-0.4, -0.2) is 35.8 Å². The molecule has 0 aliphatic carbocycles. The van der Waals surface area contributed by atoms with Crippen LogP contribution in [0.15, 0.2) is 0 Å². The van der Waals surface area contributed by atoms with Crippen LogP contribution in [0.2, 0.25) is 0 Å². The summed E-state index contributed by atoms with van der Waals surface area (Å²) in [5, 5.41) is 2.46. The summed E-state index contributed by atoms with van der Waals surface area (Å²) in [5.74, 6) is -3.28. The largest absolute Gasteiger partial charge is 0.460 e. The van der Waals surface area contributed by atoms with Crippen LogP contribution in [0.3, 0.4) is 0 Å². The minimum absolute atomic E-state index is 0.270. The molecule has 0 aliphatic heterocycles. The Labute approximate surface area is 152 Å². The van der Waals surface area contributed by atoms with Crippen LogP contribution in [0, 0.1) is 23.7 Å². The molecule has 146 valence electrons. The molecule has 0 fully saturated rings. The number of nitrogens with one attached hydrogen (secondary N) is 1. The lowest BCUT2D eigenvalue weighted by Crippen LogP contribution is -2.68. The standard InChI is InChI=1S/C19H36N2O4/c1-11(2)10-13(5)15(22)19(20,17(24)21-9)14(12(3)4)16(23)25-18(6,7)8/h11-14H,10,20H2,1-9H3,(H,21,24)/t13-,14?,19-/m1/s1. The molecular formula is C19H36N2O4. The van der Waals surface area contributed by atoms with Gasteiger partial charge < -0.3 is 15.8 Å². The van der Waals surface area contributed by atoms with Crippen molar-refractivity contribution < 1.29 is 19.1 Å². The predicted molar refractivity (Wildman–Crippen MR) is 98.8 cm³/mol. The molecule has 0 aliphatic rings. The minimum Gasteiger partial charge on any atom is -0.460 e. The Balaban J connectivity index is 6.04. The maximum absolute atomic E-state index is 13.1. The topological polar surface area (TPSA) is 98.5 Å². The van der Waals surface area contributed by atoms with Crippen LogP contribution in [0.5, 0.6) is 0 Å². The molecule has 0 spiro atoms. The highest BCUT2D eigenvalue weighted by Crippen LogP contribution is 2.31. The van der Waals surface area contributed by atoms with E-state index in [0.717, 1.165) is 0 Å². The predicted octanol–water partition coefficient (Wildman–Crippen LogP) is 2.30. The van der Waals surface area contributed by atoms with E-state index in [9.17, 15) is 14.4 Å². The van der Waals surface area contributed by atoms with Crippen molar-refractivity contribution in [2.24, 2.45) is 29.4 Å². The summed E-state index contributed by atoms with van der Waals surface area (Å²) in [6, 6.07) is 0. The number of likely N-dealkylation sites (N-methyl/N-ethyl adjacent to an activating group) is 1. The van der Waals surface area contributed by atoms with Gasteiger partial charge in [-0.05, 0) is 39.0 Å². The van der Waals surface area contributed by atoms with Crippen molar-refractivity contribution in [1.82, 2.24) is 5.32 Å². The fourth-order valence-electron chi connectivity index (χ4n) is 3.18. The molecule has 0 saturated carbocycles. The van der Waals surface area contributed by atoms with Crippen LogP contribution in [0.4, 0.5) is 0 Å². The maximum Gasteiger partial charge on any atom is 0.312 e. The fraction of sp³-hybridized carbons (Fsp3) is 0.842. The molecule has 6 heteroatoms. The number of Topliss-reactive ketones (excluding diaryl/α,β-unsaturated/α-hetero) is 1. The molecule has 0 aromatic carbocycles. The number of nitrogens with two attached hydrogens (primary N) is 1. The molecule has 0 bridgehead atoms. The van der Waals surface area contributed by atoms with Crippen molar-refractivity contribution >= 4 is 17.7 Å². The van der Waals surface area contributed by atoms with E-state index in [4.69, 9.17) is 10.5 Å². The maximum atomic E-state index is 13.1. The Bertz CT molecular complexity index is 494. The van der Waals surface area contributed by atoms with Gasteiger partial charge in [-0.15, -0.1) is 0 Å². The van der Waals surface area contributed by atoms with E-state index < -0.39 is 40.6 Å². The smallest absolute Gasteiger partial charge is 0.312 e. The van der Waals surface area contributed by atoms with Gasteiger partial charge >= 0.3 is 5.97 Å². The summed E-state index contributed by atoms with van der Waals surface area (Å²) >= 11 is 0. The molecule has 0 heterocycles. The number of carbonyl (C=O) groups excluding carboxylic acids is 3. The van der Waals surface area contributed by atoms with E-state index >= 15 is 0 Å². The first-order valence-corrected chi connectivity index (χ1v) is 8.96. The monoisotopic (exact) mass is 356 g/mol. The summed E-state index contributed by atoms with van der Waals surface area (Å²) in [7, 11) is 1.41. The van der Waals surface area contributed by atoms with E-state index in [2.05, 4.69) is 5.32 Å². The molecule has 3 atom stereocenters. The van der Waals surface area contributed by atoms with E-state index in [1.807, 2.05) is 13.8 Å². The van der Waals surface area contributed by atoms with Crippen LogP contribution in [0.25, 0.3) is 0 Å². The molecule has 0 aromatic heterocycles. The summed E-state index contributed by atoms with van der Waals surface area (Å²) in [5.41, 5.74) is 3.68. The zero-order valence-corrected chi connectivity index (χ0v) is 17.2. The van der Waals surface area contributed by atoms with Gasteiger partial charge in [0.1, 0.15) is 5.60 Å². The summed E-state index contributed by atoms with van der Waals surface area (Å²) in [4.78, 5) is 38.5. The lowest BCUT2D eigenvalue weighted by molar-refractivity contribution is -0.169. The molecule has 0 rings (SSSR count). The second kappa shape index (κ2) is 8.79. The number of hydrogen-bond donors (Lipinski definition) is 2. The first-order chi connectivity index (χ1) is 11.2. The SMILES string of the molecule is CNC(=O)[C@](N)(C(=O)[C@H](C)CC(C)C)C(C(=O)OC(C)(C)C)C(C)C. The number of carbonyl (C=O) groups is 3. The zero-order chi connectivity index (χ0) is 20.2. The lowest BCUT2D eigenvalue weighted by Gasteiger charge is -2.38. The van der Waals surface area contributed by atoms with Gasteiger partial charge in [-0.2, -0.15) is 0 Å². The summed E-state index contributed by atoms with van der Waals surface area (Å²) < 4.78 is 5.46. The van der Waals surface area contributed by atoms with E-state index in [1.54, 1.807) is 41.5 Å². The first kappa shape index (κ1) is 23.6. The van der Waals surface area contributed by atoms with Crippen LogP contribution < -0.4 is 11.1 Å². The van der Waals surface area contributed by atoms with Crippen molar-refractivity contribution in [3.8, 4) is 0 Å². The van der Waals surface area contributed by atoms with Crippen molar-refractivity contribution in [2.75, 3.05) is 7.05 Å². The quantitative estimate of drug-likeness (QED) is 0.513. The zero-order valence-electron chi connectivity index (χ0n) is 17.2. The molecule has 1 amide bonds. The second-order valence-electron chi connectivity index (χ2n) is 8.60. The third-order valence-electron chi connectivity index (χ3n) is 4.10. The summed E-state index contributed by atoms with van der Waals surface area (Å²) in [6.07, 6.45) is 0.591. The third-order valence-corrected chi connectivity index (χ3v) is 4.10. The Morgan fingerprint density at radius 2 is 1.52 bits per heavy atom. The first-order valence-electron chi connectivity index (χ1n) is 8.96. The number of ether oxygens (including phenoxy) is 1. The second-order valence-corrected chi connectivity index (χ2v) is 8.60. The van der Waals surface area contributed by atoms with Gasteiger partial charge in [0, 0.05) is 13.0 Å². The van der Waals surface area contributed by atoms with Crippen molar-refractivity contribution in [3.05, 3.63) is 0 Å². The molecule has 3 N–H and O–H groups in total. The summed E-state index contributed by atoms with van der Waals surface area (Å²) in [6.45, 7) is 14.5. The number of esters is 1. The Morgan fingerprint density at radius 3 is 1.84 bits per heavy atom. The Morgan fingerprint density at radius 1 is 1.04 bits per heavy atom. The van der Waals surface area contributed by atoms with Crippen molar-refractivity contribution in [3.63, 3.8) is 0 Å². The molecule has 0 aromatic rings. The van der Waals surface area contributed by atoms with Gasteiger partial charge in [-0.3, -0.25) is 14.4 Å². The van der Waals surface area contributed by atoms with Crippen LogP contribution in [0.1, 0.15) is 61.8 Å². The molecule has 6 nitrogen and oxygen atoms in total. The highest BCUT2D eigenvalue weighted by atomic mass is 16.6. The number of hydrogen-bond acceptors (Lipinski definition) is 5. The Hall–Kier alpha value is -1.43. The molecule has 1 unspecified atom stereocenters. The van der Waals surface area contributed by atoms with E-state index in [-0.39, 0.29) is 11.8 Å². The Kier molecular flexibility index (Phi) is 8.28. The highest BCUT2D eigenvalue weighted by molar-refractivity contribution is 6.14. The van der Waals surface area contributed by atoms with Gasteiger partial charge in [-0.1, -0.05) is 34.6 Å². The highest BCUT2D eigenvalue weighted by Gasteiger charge is 2.55. The molecular weight excluding hydrogens is 320 g/mol. The van der Waals surface area contributed by atoms with Crippen molar-refractivity contribution in [1.29, 1.82) is 0 Å². The molecule has 25 heavy (non-hydrogen) atoms. The number of amides is 1. The van der Waals surface area contributed by atoms with E-state index in [0.29, 0.717) is 6.42 Å². The van der Waals surface area contributed by atoms with Gasteiger partial charge in [0.15, 0.2) is 11.3 Å². The van der Waals surface area contributed by atoms with E-state index in [1.165, 1.54) is 7.05 Å². The van der Waals surface area contributed by atoms with Gasteiger partial charge in [0.25, 0.3) is 0 Å². The van der Waals surface area contributed by atoms with Crippen LogP contribution >= 0.6 is 0 Å². The average Bonchev–Trinajstić information content (AvgIpc) is 2.41. The average molecular weight is 357 g/mol. The number of ketones is 1. The van der Waals surface area contributed by atoms with Crippen LogP contribution in [-0.2, 0) is 19.1 Å². The normalized spacial score (nSPS) is 17.0. The molecule has 0 saturated heterocycles. The van der Waals surface area contributed by atoms with Gasteiger partial charge in [0.2, 0.25) is 5.91 Å². The number of rotatable bonds is 8. The van der Waals surface area contributed by atoms with Gasteiger partial charge in [0.05, 0.1) is 5.92 Å². The lowest BCUT2D eigenvalue weighted by atomic mass is 9.70.